The maximum atomic E-state index is 12.6. The average Bonchev–Trinajstić information content (AvgIpc) is 2.71. The zero-order valence-corrected chi connectivity index (χ0v) is 10.9. The van der Waals surface area contributed by atoms with Crippen molar-refractivity contribution < 1.29 is 22.9 Å². The van der Waals surface area contributed by atoms with Crippen molar-refractivity contribution in [2.45, 2.75) is 13.1 Å². The van der Waals surface area contributed by atoms with E-state index in [2.05, 4.69) is 9.97 Å². The highest BCUT2D eigenvalue weighted by Crippen LogP contribution is 2.40. The van der Waals surface area contributed by atoms with Crippen LogP contribution in [0.15, 0.2) is 18.3 Å². The minimum Gasteiger partial charge on any atom is -0.287 e. The number of alkyl halides is 3. The zero-order valence-electron chi connectivity index (χ0n) is 10.9. The topological polar surface area (TPSA) is 86.0 Å². The molecule has 1 aromatic heterocycles. The van der Waals surface area contributed by atoms with Gasteiger partial charge in [0.25, 0.3) is 5.69 Å². The first kappa shape index (κ1) is 14.1. The minimum absolute atomic E-state index is 0.0321. The molecule has 3 rings (SSSR count). The van der Waals surface area contributed by atoms with E-state index in [-0.39, 0.29) is 22.5 Å². The van der Waals surface area contributed by atoms with E-state index in [0.29, 0.717) is 11.1 Å². The molecule has 2 aromatic rings. The van der Waals surface area contributed by atoms with E-state index < -0.39 is 22.7 Å². The monoisotopic (exact) mass is 309 g/mol. The van der Waals surface area contributed by atoms with Gasteiger partial charge in [0.15, 0.2) is 0 Å². The van der Waals surface area contributed by atoms with Crippen LogP contribution in [0.2, 0.25) is 0 Å². The summed E-state index contributed by atoms with van der Waals surface area (Å²) in [6, 6.07) is 2.29. The Labute approximate surface area is 120 Å². The third-order valence-electron chi connectivity index (χ3n) is 3.30. The number of aromatic nitrogens is 2. The molecule has 112 valence electrons. The Bertz CT molecular complexity index is 846. The maximum Gasteiger partial charge on any atom is 0.451 e. The molecule has 1 heterocycles. The van der Waals surface area contributed by atoms with Gasteiger partial charge in [-0.3, -0.25) is 14.9 Å². The Balaban J connectivity index is 2.25. The molecule has 22 heavy (non-hydrogen) atoms. The number of fused-ring (bicyclic) bond motifs is 3. The number of benzene rings is 1. The number of ketones is 1. The molecular formula is C13H6F3N3O3. The third-order valence-corrected chi connectivity index (χ3v) is 3.30. The van der Waals surface area contributed by atoms with Gasteiger partial charge in [0.05, 0.1) is 4.92 Å². The largest absolute Gasteiger partial charge is 0.451 e. The van der Waals surface area contributed by atoms with Gasteiger partial charge < -0.3 is 0 Å². The van der Waals surface area contributed by atoms with Crippen LogP contribution in [0.4, 0.5) is 18.9 Å². The number of rotatable bonds is 1. The Morgan fingerprint density at radius 1 is 1.23 bits per heavy atom. The molecule has 1 aromatic carbocycles. The van der Waals surface area contributed by atoms with Crippen LogP contribution in [0.1, 0.15) is 27.4 Å². The predicted molar refractivity (Wildman–Crippen MR) is 67.3 cm³/mol. The molecule has 0 amide bonds. The Morgan fingerprint density at radius 3 is 2.50 bits per heavy atom. The van der Waals surface area contributed by atoms with Crippen molar-refractivity contribution in [1.29, 1.82) is 0 Å². The quantitative estimate of drug-likeness (QED) is 0.509. The summed E-state index contributed by atoms with van der Waals surface area (Å²) in [7, 11) is 0. The third kappa shape index (κ3) is 1.93. The molecule has 0 spiro atoms. The number of nitro groups is 1. The van der Waals surface area contributed by atoms with Gasteiger partial charge in [0.2, 0.25) is 11.6 Å². The van der Waals surface area contributed by atoms with Crippen LogP contribution in [-0.2, 0) is 6.18 Å². The normalized spacial score (nSPS) is 13.0. The fraction of sp³-hybridized carbons (Fsp3) is 0.154. The van der Waals surface area contributed by atoms with E-state index >= 15 is 0 Å². The molecule has 1 aliphatic rings. The lowest BCUT2D eigenvalue weighted by Gasteiger charge is -2.06. The van der Waals surface area contributed by atoms with Crippen LogP contribution in [0.25, 0.3) is 11.1 Å². The van der Waals surface area contributed by atoms with E-state index in [1.165, 1.54) is 13.0 Å². The molecule has 1 aliphatic carbocycles. The number of carbonyl (C=O) groups is 1. The second-order valence-electron chi connectivity index (χ2n) is 4.73. The zero-order chi connectivity index (χ0) is 16.2. The van der Waals surface area contributed by atoms with Crippen molar-refractivity contribution in [3.05, 3.63) is 51.1 Å². The summed E-state index contributed by atoms with van der Waals surface area (Å²) in [6.45, 7) is 1.53. The standard InChI is InChI=1S/C13H6F3N3O3/c1-5-2-6(19(21)22)3-7-9(5)8-4-17-12(13(14,15)16)18-10(8)11(7)20/h2-4H,1H3. The maximum absolute atomic E-state index is 12.6. The fourth-order valence-corrected chi connectivity index (χ4v) is 2.41. The van der Waals surface area contributed by atoms with Crippen LogP contribution >= 0.6 is 0 Å². The van der Waals surface area contributed by atoms with Crippen molar-refractivity contribution >= 4 is 11.5 Å². The molecule has 0 fully saturated rings. The lowest BCUT2D eigenvalue weighted by molar-refractivity contribution is -0.384. The molecule has 0 bridgehead atoms. The van der Waals surface area contributed by atoms with Gasteiger partial charge in [-0.25, -0.2) is 9.97 Å². The number of nitrogens with zero attached hydrogens (tertiary/aromatic N) is 3. The van der Waals surface area contributed by atoms with Gasteiger partial charge in [-0.15, -0.1) is 0 Å². The molecule has 6 nitrogen and oxygen atoms in total. The van der Waals surface area contributed by atoms with E-state index in [9.17, 15) is 28.1 Å². The first-order valence-electron chi connectivity index (χ1n) is 5.98. The van der Waals surface area contributed by atoms with E-state index in [0.717, 1.165) is 12.3 Å². The predicted octanol–water partition coefficient (Wildman–Crippen LogP) is 2.92. The summed E-state index contributed by atoms with van der Waals surface area (Å²) in [5, 5.41) is 10.8. The van der Waals surface area contributed by atoms with E-state index in [1.54, 1.807) is 0 Å². The molecule has 0 saturated carbocycles. The summed E-state index contributed by atoms with van der Waals surface area (Å²) in [4.78, 5) is 28.9. The van der Waals surface area contributed by atoms with Crippen molar-refractivity contribution in [2.75, 3.05) is 0 Å². The van der Waals surface area contributed by atoms with Gasteiger partial charge >= 0.3 is 6.18 Å². The Kier molecular flexibility index (Phi) is 2.77. The van der Waals surface area contributed by atoms with Gasteiger partial charge in [0, 0.05) is 35.0 Å². The lowest BCUT2D eigenvalue weighted by atomic mass is 10.0. The number of carbonyl (C=O) groups excluding carboxylic acids is 1. The molecule has 9 heteroatoms. The van der Waals surface area contributed by atoms with Gasteiger partial charge in [0.1, 0.15) is 5.69 Å². The van der Waals surface area contributed by atoms with Crippen LogP contribution < -0.4 is 0 Å². The number of aryl methyl sites for hydroxylation is 1. The van der Waals surface area contributed by atoms with Crippen molar-refractivity contribution in [1.82, 2.24) is 9.97 Å². The van der Waals surface area contributed by atoms with E-state index in [4.69, 9.17) is 0 Å². The summed E-state index contributed by atoms with van der Waals surface area (Å²) in [6.07, 6.45) is -3.85. The molecule has 0 aliphatic heterocycles. The molecule has 0 radical (unpaired) electrons. The molecule has 0 unspecified atom stereocenters. The van der Waals surface area contributed by atoms with Crippen molar-refractivity contribution in [2.24, 2.45) is 0 Å². The SMILES string of the molecule is Cc1cc([N+](=O)[O-])cc2c1-c1cnc(C(F)(F)F)nc1C2=O. The number of non-ortho nitro benzene ring substituents is 1. The summed E-state index contributed by atoms with van der Waals surface area (Å²) in [5.41, 5.74) is 0.164. The first-order valence-corrected chi connectivity index (χ1v) is 5.98. The van der Waals surface area contributed by atoms with Crippen LogP contribution in [-0.4, -0.2) is 20.7 Å². The van der Waals surface area contributed by atoms with Gasteiger partial charge in [-0.05, 0) is 12.5 Å². The Morgan fingerprint density at radius 2 is 1.91 bits per heavy atom. The Hall–Kier alpha value is -2.84. The number of hydrogen-bond acceptors (Lipinski definition) is 5. The van der Waals surface area contributed by atoms with Crippen molar-refractivity contribution in [3.8, 4) is 11.1 Å². The van der Waals surface area contributed by atoms with Gasteiger partial charge in [-0.2, -0.15) is 13.2 Å². The molecule has 0 atom stereocenters. The van der Waals surface area contributed by atoms with Crippen molar-refractivity contribution in [3.63, 3.8) is 0 Å². The first-order chi connectivity index (χ1) is 10.2. The van der Waals surface area contributed by atoms with Crippen LogP contribution in [0, 0.1) is 17.0 Å². The average molecular weight is 309 g/mol. The molecular weight excluding hydrogens is 303 g/mol. The highest BCUT2D eigenvalue weighted by atomic mass is 19.4. The second kappa shape index (κ2) is 4.33. The lowest BCUT2D eigenvalue weighted by Crippen LogP contribution is -2.13. The molecule has 0 saturated heterocycles. The highest BCUT2D eigenvalue weighted by Gasteiger charge is 2.39. The highest BCUT2D eigenvalue weighted by molar-refractivity contribution is 6.21. The summed E-state index contributed by atoms with van der Waals surface area (Å²) < 4.78 is 37.9. The number of halogens is 3. The van der Waals surface area contributed by atoms with Crippen LogP contribution in [0.5, 0.6) is 0 Å². The number of nitro benzene ring substituents is 1. The fourth-order valence-electron chi connectivity index (χ4n) is 2.41. The molecule has 0 N–H and O–H groups in total. The summed E-state index contributed by atoms with van der Waals surface area (Å²) in [5.74, 6) is -2.19. The smallest absolute Gasteiger partial charge is 0.287 e. The minimum atomic E-state index is -4.77. The van der Waals surface area contributed by atoms with Crippen LogP contribution in [0.3, 0.4) is 0 Å². The van der Waals surface area contributed by atoms with Gasteiger partial charge in [-0.1, -0.05) is 0 Å². The summed E-state index contributed by atoms with van der Waals surface area (Å²) >= 11 is 0. The second-order valence-corrected chi connectivity index (χ2v) is 4.73. The van der Waals surface area contributed by atoms with E-state index in [1.807, 2.05) is 0 Å². The number of hydrogen-bond donors (Lipinski definition) is 0.